The Kier molecular flexibility index (Phi) is 6.28. The maximum absolute atomic E-state index is 12.4. The number of hydrogen-bond donors (Lipinski definition) is 1. The largest absolute Gasteiger partial charge is 0.337 e. The molecule has 1 saturated heterocycles. The van der Waals surface area contributed by atoms with Crippen molar-refractivity contribution in [3.05, 3.63) is 0 Å². The number of piperazine rings is 1. The molecule has 1 N–H and O–H groups in total. The predicted octanol–water partition coefficient (Wildman–Crippen LogP) is 2.20. The van der Waals surface area contributed by atoms with Crippen molar-refractivity contribution in [3.63, 3.8) is 0 Å². The minimum absolute atomic E-state index is 0. The van der Waals surface area contributed by atoms with Crippen molar-refractivity contribution in [2.24, 2.45) is 5.92 Å². The molecule has 1 saturated carbocycles. The summed E-state index contributed by atoms with van der Waals surface area (Å²) in [4.78, 5) is 14.5. The molecule has 1 unspecified atom stereocenters. The molecule has 100 valence electrons. The van der Waals surface area contributed by atoms with E-state index < -0.39 is 0 Å². The average Bonchev–Trinajstić information content (AvgIpc) is 2.57. The van der Waals surface area contributed by atoms with Gasteiger partial charge in [-0.15, -0.1) is 12.4 Å². The lowest BCUT2D eigenvalue weighted by Gasteiger charge is -2.36. The van der Waals surface area contributed by atoms with E-state index in [1.807, 2.05) is 0 Å². The molecule has 2 fully saturated rings. The van der Waals surface area contributed by atoms with Crippen LogP contribution < -0.4 is 5.32 Å². The van der Waals surface area contributed by atoms with Crippen molar-refractivity contribution in [2.75, 3.05) is 19.6 Å². The van der Waals surface area contributed by atoms with Gasteiger partial charge < -0.3 is 10.2 Å². The number of carbonyl (C=O) groups is 1. The molecule has 1 aliphatic heterocycles. The highest BCUT2D eigenvalue weighted by Crippen LogP contribution is 2.25. The van der Waals surface area contributed by atoms with Gasteiger partial charge in [0.1, 0.15) is 0 Å². The van der Waals surface area contributed by atoms with Crippen LogP contribution in [-0.2, 0) is 4.79 Å². The smallest absolute Gasteiger partial charge is 0.226 e. The highest BCUT2D eigenvalue weighted by Gasteiger charge is 2.29. The van der Waals surface area contributed by atoms with Crippen LogP contribution in [0.15, 0.2) is 0 Å². The second-order valence-corrected chi connectivity index (χ2v) is 5.27. The summed E-state index contributed by atoms with van der Waals surface area (Å²) in [5, 5.41) is 3.34. The maximum Gasteiger partial charge on any atom is 0.226 e. The normalized spacial score (nSPS) is 27.1. The van der Waals surface area contributed by atoms with Crippen LogP contribution in [0, 0.1) is 5.92 Å². The van der Waals surface area contributed by atoms with Gasteiger partial charge in [0.2, 0.25) is 5.91 Å². The molecule has 4 heteroatoms. The van der Waals surface area contributed by atoms with Crippen LogP contribution in [0.25, 0.3) is 0 Å². The summed E-state index contributed by atoms with van der Waals surface area (Å²) in [6.45, 7) is 4.97. The van der Waals surface area contributed by atoms with E-state index in [9.17, 15) is 4.79 Å². The van der Waals surface area contributed by atoms with Gasteiger partial charge in [-0.1, -0.05) is 25.7 Å². The lowest BCUT2D eigenvalue weighted by molar-refractivity contribution is -0.138. The number of carbonyl (C=O) groups excluding carboxylic acids is 1. The van der Waals surface area contributed by atoms with E-state index in [0.717, 1.165) is 32.5 Å². The molecule has 17 heavy (non-hydrogen) atoms. The zero-order valence-electron chi connectivity index (χ0n) is 10.8. The van der Waals surface area contributed by atoms with Gasteiger partial charge in [0.25, 0.3) is 0 Å². The quantitative estimate of drug-likeness (QED) is 0.733. The zero-order valence-corrected chi connectivity index (χ0v) is 11.6. The van der Waals surface area contributed by atoms with Gasteiger partial charge in [0.05, 0.1) is 0 Å². The highest BCUT2D eigenvalue weighted by atomic mass is 35.5. The fourth-order valence-electron chi connectivity index (χ4n) is 2.93. The third-order valence-electron chi connectivity index (χ3n) is 3.99. The molecular weight excluding hydrogens is 236 g/mol. The van der Waals surface area contributed by atoms with Gasteiger partial charge in [0, 0.05) is 31.6 Å². The minimum Gasteiger partial charge on any atom is -0.337 e. The molecule has 2 rings (SSSR count). The molecule has 0 spiro atoms. The Bertz CT molecular complexity index is 240. The summed E-state index contributed by atoms with van der Waals surface area (Å²) < 4.78 is 0. The topological polar surface area (TPSA) is 32.3 Å². The van der Waals surface area contributed by atoms with Crippen LogP contribution in [0.4, 0.5) is 0 Å². The molecule has 2 aliphatic rings. The van der Waals surface area contributed by atoms with E-state index in [-0.39, 0.29) is 12.4 Å². The van der Waals surface area contributed by atoms with Gasteiger partial charge in [0.15, 0.2) is 0 Å². The first-order valence-corrected chi connectivity index (χ1v) is 6.80. The molecular formula is C13H25ClN2O. The van der Waals surface area contributed by atoms with Gasteiger partial charge in [-0.3, -0.25) is 4.79 Å². The number of nitrogens with one attached hydrogen (secondary N) is 1. The summed E-state index contributed by atoms with van der Waals surface area (Å²) >= 11 is 0. The van der Waals surface area contributed by atoms with Crippen molar-refractivity contribution >= 4 is 18.3 Å². The number of halogens is 1. The molecule has 1 amide bonds. The summed E-state index contributed by atoms with van der Waals surface area (Å²) in [6.07, 6.45) is 7.38. The molecule has 0 aromatic heterocycles. The van der Waals surface area contributed by atoms with Gasteiger partial charge in [-0.05, 0) is 19.8 Å². The van der Waals surface area contributed by atoms with Crippen LogP contribution in [-0.4, -0.2) is 36.5 Å². The minimum atomic E-state index is 0. The first-order chi connectivity index (χ1) is 7.79. The third kappa shape index (κ3) is 3.85. The predicted molar refractivity (Wildman–Crippen MR) is 72.5 cm³/mol. The van der Waals surface area contributed by atoms with Crippen LogP contribution >= 0.6 is 12.4 Å². The molecule has 3 nitrogen and oxygen atoms in total. The summed E-state index contributed by atoms with van der Waals surface area (Å²) in [5.74, 6) is 0.749. The molecule has 1 heterocycles. The van der Waals surface area contributed by atoms with Crippen LogP contribution in [0.3, 0.4) is 0 Å². The molecule has 0 radical (unpaired) electrons. The number of rotatable bonds is 1. The monoisotopic (exact) mass is 260 g/mol. The second kappa shape index (κ2) is 7.22. The van der Waals surface area contributed by atoms with E-state index in [4.69, 9.17) is 0 Å². The number of amides is 1. The van der Waals surface area contributed by atoms with Crippen molar-refractivity contribution in [2.45, 2.75) is 51.5 Å². The van der Waals surface area contributed by atoms with Gasteiger partial charge >= 0.3 is 0 Å². The SMILES string of the molecule is CC1CNCCN1C(=O)C1CCCCCC1.Cl. The average molecular weight is 261 g/mol. The fourth-order valence-corrected chi connectivity index (χ4v) is 2.93. The first-order valence-electron chi connectivity index (χ1n) is 6.80. The van der Waals surface area contributed by atoms with Crippen LogP contribution in [0.2, 0.25) is 0 Å². The van der Waals surface area contributed by atoms with E-state index in [1.54, 1.807) is 0 Å². The molecule has 1 aliphatic carbocycles. The standard InChI is InChI=1S/C13H24N2O.ClH/c1-11-10-14-8-9-15(11)13(16)12-6-4-2-3-5-7-12;/h11-12,14H,2-10H2,1H3;1H. The Morgan fingerprint density at radius 2 is 1.82 bits per heavy atom. The first kappa shape index (κ1) is 14.8. The Labute approximate surface area is 111 Å². The second-order valence-electron chi connectivity index (χ2n) is 5.27. The molecule has 0 aromatic rings. The molecule has 0 bridgehead atoms. The Hall–Kier alpha value is -0.280. The zero-order chi connectivity index (χ0) is 11.4. The van der Waals surface area contributed by atoms with E-state index in [2.05, 4.69) is 17.1 Å². The molecule has 1 atom stereocenters. The van der Waals surface area contributed by atoms with Crippen molar-refractivity contribution in [1.82, 2.24) is 10.2 Å². The lowest BCUT2D eigenvalue weighted by Crippen LogP contribution is -2.53. The fraction of sp³-hybridized carbons (Fsp3) is 0.923. The summed E-state index contributed by atoms with van der Waals surface area (Å²) in [7, 11) is 0. The summed E-state index contributed by atoms with van der Waals surface area (Å²) in [5.41, 5.74) is 0. The van der Waals surface area contributed by atoms with E-state index in [0.29, 0.717) is 17.9 Å². The number of nitrogens with zero attached hydrogens (tertiary/aromatic N) is 1. The maximum atomic E-state index is 12.4. The van der Waals surface area contributed by atoms with Gasteiger partial charge in [-0.2, -0.15) is 0 Å². The lowest BCUT2D eigenvalue weighted by atomic mass is 9.97. The van der Waals surface area contributed by atoms with Crippen molar-refractivity contribution in [1.29, 1.82) is 0 Å². The van der Waals surface area contributed by atoms with Gasteiger partial charge in [-0.25, -0.2) is 0 Å². The Morgan fingerprint density at radius 3 is 2.41 bits per heavy atom. The van der Waals surface area contributed by atoms with Crippen molar-refractivity contribution < 1.29 is 4.79 Å². The Morgan fingerprint density at radius 1 is 1.18 bits per heavy atom. The highest BCUT2D eigenvalue weighted by molar-refractivity contribution is 5.85. The van der Waals surface area contributed by atoms with Crippen LogP contribution in [0.1, 0.15) is 45.4 Å². The number of hydrogen-bond acceptors (Lipinski definition) is 2. The van der Waals surface area contributed by atoms with Crippen molar-refractivity contribution in [3.8, 4) is 0 Å². The van der Waals surface area contributed by atoms with E-state index in [1.165, 1.54) is 25.7 Å². The summed E-state index contributed by atoms with van der Waals surface area (Å²) in [6, 6.07) is 0.379. The Balaban J connectivity index is 0.00000144. The third-order valence-corrected chi connectivity index (χ3v) is 3.99. The van der Waals surface area contributed by atoms with Crippen LogP contribution in [0.5, 0.6) is 0 Å². The van der Waals surface area contributed by atoms with E-state index >= 15 is 0 Å². The molecule has 0 aromatic carbocycles.